The van der Waals surface area contributed by atoms with Crippen LogP contribution in [-0.4, -0.2) is 34.0 Å². The third-order valence-corrected chi connectivity index (χ3v) is 4.63. The van der Waals surface area contributed by atoms with E-state index in [2.05, 4.69) is 29.2 Å². The van der Waals surface area contributed by atoms with Gasteiger partial charge in [0.2, 0.25) is 6.79 Å². The van der Waals surface area contributed by atoms with Crippen LogP contribution in [0.4, 0.5) is 0 Å². The van der Waals surface area contributed by atoms with Crippen molar-refractivity contribution in [3.05, 3.63) is 47.3 Å². The first-order chi connectivity index (χ1) is 13.0. The van der Waals surface area contributed by atoms with E-state index >= 15 is 0 Å². The van der Waals surface area contributed by atoms with Gasteiger partial charge in [-0.15, -0.1) is 0 Å². The van der Waals surface area contributed by atoms with Gasteiger partial charge in [-0.3, -0.25) is 4.79 Å². The third kappa shape index (κ3) is 3.32. The number of benzene rings is 1. The Morgan fingerprint density at radius 1 is 1.26 bits per heavy atom. The second-order valence-electron chi connectivity index (χ2n) is 6.91. The van der Waals surface area contributed by atoms with E-state index in [-0.39, 0.29) is 18.7 Å². The van der Waals surface area contributed by atoms with Gasteiger partial charge in [0.05, 0.1) is 17.5 Å². The summed E-state index contributed by atoms with van der Waals surface area (Å²) in [6, 6.07) is 7.91. The molecule has 0 saturated carbocycles. The van der Waals surface area contributed by atoms with Crippen LogP contribution < -0.4 is 14.8 Å². The normalized spacial score (nSPS) is 12.7. The van der Waals surface area contributed by atoms with E-state index in [1.807, 2.05) is 35.9 Å². The maximum atomic E-state index is 12.6. The number of nitrogens with one attached hydrogen (secondary N) is 1. The van der Waals surface area contributed by atoms with Crippen LogP contribution >= 0.6 is 0 Å². The predicted molar refractivity (Wildman–Crippen MR) is 101 cm³/mol. The maximum Gasteiger partial charge on any atom is 0.253 e. The van der Waals surface area contributed by atoms with Gasteiger partial charge >= 0.3 is 0 Å². The van der Waals surface area contributed by atoms with Crippen molar-refractivity contribution in [2.24, 2.45) is 0 Å². The Kier molecular flexibility index (Phi) is 4.43. The number of aryl methyl sites for hydroxylation is 1. The van der Waals surface area contributed by atoms with E-state index < -0.39 is 0 Å². The number of nitrogens with zero attached hydrogens (tertiary/aromatic N) is 3. The summed E-state index contributed by atoms with van der Waals surface area (Å²) >= 11 is 0. The first-order valence-electron chi connectivity index (χ1n) is 9.04. The molecule has 1 N–H and O–H groups in total. The molecule has 7 nitrogen and oxygen atoms in total. The summed E-state index contributed by atoms with van der Waals surface area (Å²) in [6.45, 7) is 6.75. The summed E-state index contributed by atoms with van der Waals surface area (Å²) in [6.07, 6.45) is 2.47. The number of fused-ring (bicyclic) bond motifs is 2. The molecule has 140 valence electrons. The van der Waals surface area contributed by atoms with Crippen molar-refractivity contribution in [1.82, 2.24) is 20.1 Å². The fraction of sp³-hybridized carbons (Fsp3) is 0.350. The van der Waals surface area contributed by atoms with Gasteiger partial charge in [-0.05, 0) is 51.0 Å². The fourth-order valence-electron chi connectivity index (χ4n) is 3.19. The highest BCUT2D eigenvalue weighted by Crippen LogP contribution is 2.32. The van der Waals surface area contributed by atoms with Crippen LogP contribution in [-0.2, 0) is 6.42 Å². The van der Waals surface area contributed by atoms with Gasteiger partial charge in [-0.1, -0.05) is 6.07 Å². The SMILES string of the molecule is Cc1nc2c(cnn2C(C)C)cc1C(=O)NCCc1ccc2c(c1)OCO2. The smallest absolute Gasteiger partial charge is 0.253 e. The Morgan fingerprint density at radius 3 is 2.89 bits per heavy atom. The highest BCUT2D eigenvalue weighted by Gasteiger charge is 2.16. The average Bonchev–Trinajstić information content (AvgIpc) is 3.26. The monoisotopic (exact) mass is 366 g/mol. The molecule has 0 spiro atoms. The number of ether oxygens (including phenoxy) is 2. The Hall–Kier alpha value is -3.09. The molecule has 1 aromatic carbocycles. The molecule has 0 radical (unpaired) electrons. The largest absolute Gasteiger partial charge is 0.454 e. The molecule has 4 rings (SSSR count). The van der Waals surface area contributed by atoms with E-state index in [0.717, 1.165) is 28.1 Å². The van der Waals surface area contributed by atoms with E-state index in [9.17, 15) is 4.79 Å². The van der Waals surface area contributed by atoms with Crippen LogP contribution in [0.3, 0.4) is 0 Å². The lowest BCUT2D eigenvalue weighted by atomic mass is 10.1. The number of carbonyl (C=O) groups excluding carboxylic acids is 1. The molecule has 0 saturated heterocycles. The minimum Gasteiger partial charge on any atom is -0.454 e. The topological polar surface area (TPSA) is 78.3 Å². The van der Waals surface area contributed by atoms with Crippen molar-refractivity contribution in [2.45, 2.75) is 33.2 Å². The van der Waals surface area contributed by atoms with Gasteiger partial charge in [-0.2, -0.15) is 5.10 Å². The number of rotatable bonds is 5. The van der Waals surface area contributed by atoms with Crippen LogP contribution in [0.5, 0.6) is 11.5 Å². The number of pyridine rings is 1. The molecule has 0 unspecified atom stereocenters. The molecule has 0 bridgehead atoms. The minimum atomic E-state index is -0.125. The molecule has 3 heterocycles. The number of carbonyl (C=O) groups is 1. The summed E-state index contributed by atoms with van der Waals surface area (Å²) in [5.41, 5.74) is 3.17. The van der Waals surface area contributed by atoms with Crippen LogP contribution in [0.15, 0.2) is 30.5 Å². The van der Waals surface area contributed by atoms with Crippen molar-refractivity contribution < 1.29 is 14.3 Å². The van der Waals surface area contributed by atoms with Gasteiger partial charge in [0.1, 0.15) is 0 Å². The van der Waals surface area contributed by atoms with Crippen molar-refractivity contribution in [2.75, 3.05) is 13.3 Å². The Morgan fingerprint density at radius 2 is 2.07 bits per heavy atom. The lowest BCUT2D eigenvalue weighted by Gasteiger charge is -2.10. The first-order valence-corrected chi connectivity index (χ1v) is 9.04. The average molecular weight is 366 g/mol. The standard InChI is InChI=1S/C20H22N4O3/c1-12(2)24-19-15(10-22-24)9-16(13(3)23-19)20(25)21-7-6-14-4-5-17-18(8-14)27-11-26-17/h4-5,8-10,12H,6-7,11H2,1-3H3,(H,21,25). The molecule has 1 aliphatic rings. The zero-order chi connectivity index (χ0) is 19.0. The molecule has 1 aliphatic heterocycles. The summed E-state index contributed by atoms with van der Waals surface area (Å²) in [5.74, 6) is 1.39. The fourth-order valence-corrected chi connectivity index (χ4v) is 3.19. The lowest BCUT2D eigenvalue weighted by Crippen LogP contribution is -2.26. The first kappa shape index (κ1) is 17.3. The quantitative estimate of drug-likeness (QED) is 0.751. The second kappa shape index (κ2) is 6.90. The molecule has 0 aliphatic carbocycles. The number of aromatic nitrogens is 3. The second-order valence-corrected chi connectivity index (χ2v) is 6.91. The molecule has 0 atom stereocenters. The Balaban J connectivity index is 1.44. The number of hydrogen-bond donors (Lipinski definition) is 1. The van der Waals surface area contributed by atoms with Gasteiger partial charge < -0.3 is 14.8 Å². The van der Waals surface area contributed by atoms with Crippen LogP contribution in [0.1, 0.15) is 41.5 Å². The maximum absolute atomic E-state index is 12.6. The van der Waals surface area contributed by atoms with E-state index in [0.29, 0.717) is 24.2 Å². The molecule has 3 aromatic rings. The van der Waals surface area contributed by atoms with Crippen molar-refractivity contribution in [3.63, 3.8) is 0 Å². The van der Waals surface area contributed by atoms with Crippen molar-refractivity contribution >= 4 is 16.9 Å². The third-order valence-electron chi connectivity index (χ3n) is 4.63. The van der Waals surface area contributed by atoms with Crippen molar-refractivity contribution in [3.8, 4) is 11.5 Å². The van der Waals surface area contributed by atoms with E-state index in [1.54, 1.807) is 6.20 Å². The zero-order valence-electron chi connectivity index (χ0n) is 15.7. The summed E-state index contributed by atoms with van der Waals surface area (Å²) in [7, 11) is 0. The Bertz CT molecular complexity index is 1010. The molecule has 2 aromatic heterocycles. The summed E-state index contributed by atoms with van der Waals surface area (Å²) in [4.78, 5) is 17.2. The summed E-state index contributed by atoms with van der Waals surface area (Å²) in [5, 5.41) is 8.21. The highest BCUT2D eigenvalue weighted by molar-refractivity contribution is 5.98. The molecule has 7 heteroatoms. The van der Waals surface area contributed by atoms with Crippen LogP contribution in [0, 0.1) is 6.92 Å². The van der Waals surface area contributed by atoms with Crippen molar-refractivity contribution in [1.29, 1.82) is 0 Å². The Labute approximate surface area is 157 Å². The molecular weight excluding hydrogens is 344 g/mol. The van der Waals surface area contributed by atoms with Gasteiger partial charge in [0.25, 0.3) is 5.91 Å². The molecular formula is C20H22N4O3. The summed E-state index contributed by atoms with van der Waals surface area (Å²) < 4.78 is 12.6. The van der Waals surface area contributed by atoms with Gasteiger partial charge in [-0.25, -0.2) is 9.67 Å². The molecule has 27 heavy (non-hydrogen) atoms. The van der Waals surface area contributed by atoms with Gasteiger partial charge in [0, 0.05) is 18.0 Å². The number of hydrogen-bond acceptors (Lipinski definition) is 5. The molecule has 0 fully saturated rings. The number of amides is 1. The van der Waals surface area contributed by atoms with Crippen LogP contribution in [0.2, 0.25) is 0 Å². The predicted octanol–water partition coefficient (Wildman–Crippen LogP) is 3.02. The van der Waals surface area contributed by atoms with Gasteiger partial charge in [0.15, 0.2) is 17.1 Å². The minimum absolute atomic E-state index is 0.125. The van der Waals surface area contributed by atoms with Crippen LogP contribution in [0.25, 0.3) is 11.0 Å². The lowest BCUT2D eigenvalue weighted by molar-refractivity contribution is 0.0953. The van der Waals surface area contributed by atoms with E-state index in [4.69, 9.17) is 9.47 Å². The highest BCUT2D eigenvalue weighted by atomic mass is 16.7. The zero-order valence-corrected chi connectivity index (χ0v) is 15.7. The van der Waals surface area contributed by atoms with E-state index in [1.165, 1.54) is 0 Å². The molecule has 1 amide bonds.